The molecule has 15 heteroatoms. The Bertz CT molecular complexity index is 1290. The Hall–Kier alpha value is -3.65. The van der Waals surface area contributed by atoms with Gasteiger partial charge in [-0.25, -0.2) is 4.79 Å². The molecule has 2 amide bonds. The second-order valence-corrected chi connectivity index (χ2v) is 14.3. The smallest absolute Gasteiger partial charge is 0.417 e. The van der Waals surface area contributed by atoms with Gasteiger partial charge in [0.05, 0.1) is 22.7 Å². The van der Waals surface area contributed by atoms with Crippen LogP contribution in [0.1, 0.15) is 146 Å². The molecule has 2 atom stereocenters. The SMILES string of the molecule is CCCCCCCCCCCC(=O)N[C@@H](CCC(=O)OC(C)(C)C)C(=O)N[C@@H](CC(C)C)C(=O)COC(=O)c1c(C(F)(F)F)cccc1C(F)(F)F. The number of halogens is 6. The van der Waals surface area contributed by atoms with Gasteiger partial charge < -0.3 is 20.1 Å². The predicted octanol–water partition coefficient (Wildman–Crippen LogP) is 8.51. The van der Waals surface area contributed by atoms with Gasteiger partial charge in [0.2, 0.25) is 11.8 Å². The average molecular weight is 753 g/mol. The van der Waals surface area contributed by atoms with Crippen molar-refractivity contribution in [2.75, 3.05) is 6.61 Å². The maximum absolute atomic E-state index is 13.6. The lowest BCUT2D eigenvalue weighted by Crippen LogP contribution is -2.52. The number of hydrogen-bond acceptors (Lipinski definition) is 7. The van der Waals surface area contributed by atoms with E-state index in [1.807, 2.05) is 0 Å². The molecular weight excluding hydrogens is 698 g/mol. The molecule has 0 saturated carbocycles. The molecular formula is C37H54F6N2O7. The van der Waals surface area contributed by atoms with Crippen molar-refractivity contribution >= 4 is 29.5 Å². The first-order chi connectivity index (χ1) is 24.1. The molecule has 0 fully saturated rings. The molecule has 9 nitrogen and oxygen atoms in total. The quantitative estimate of drug-likeness (QED) is 0.0691. The summed E-state index contributed by atoms with van der Waals surface area (Å²) in [5.41, 5.74) is -6.39. The van der Waals surface area contributed by atoms with E-state index in [-0.39, 0.29) is 43.7 Å². The summed E-state index contributed by atoms with van der Waals surface area (Å²) < 4.78 is 91.4. The van der Waals surface area contributed by atoms with Crippen LogP contribution in [0.15, 0.2) is 18.2 Å². The number of carbonyl (C=O) groups is 5. The summed E-state index contributed by atoms with van der Waals surface area (Å²) in [5.74, 6) is -5.28. The predicted molar refractivity (Wildman–Crippen MR) is 182 cm³/mol. The van der Waals surface area contributed by atoms with E-state index < -0.39 is 82.9 Å². The van der Waals surface area contributed by atoms with Gasteiger partial charge in [0, 0.05) is 12.8 Å². The minimum absolute atomic E-state index is 0.0553. The van der Waals surface area contributed by atoms with Gasteiger partial charge >= 0.3 is 24.3 Å². The van der Waals surface area contributed by atoms with Crippen LogP contribution in [-0.4, -0.2) is 53.8 Å². The number of esters is 2. The minimum atomic E-state index is -5.35. The summed E-state index contributed by atoms with van der Waals surface area (Å²) in [6, 6.07) is -1.63. The van der Waals surface area contributed by atoms with Gasteiger partial charge in [-0.2, -0.15) is 26.3 Å². The molecule has 0 unspecified atom stereocenters. The third-order valence-corrected chi connectivity index (χ3v) is 7.85. The molecule has 0 aliphatic rings. The fourth-order valence-electron chi connectivity index (χ4n) is 5.35. The molecule has 0 spiro atoms. The summed E-state index contributed by atoms with van der Waals surface area (Å²) >= 11 is 0. The highest BCUT2D eigenvalue weighted by Gasteiger charge is 2.43. The molecule has 0 aliphatic carbocycles. The molecule has 1 rings (SSSR count). The molecule has 1 aromatic carbocycles. The molecule has 296 valence electrons. The Morgan fingerprint density at radius 3 is 1.73 bits per heavy atom. The Labute approximate surface area is 302 Å². The third-order valence-electron chi connectivity index (χ3n) is 7.85. The van der Waals surface area contributed by atoms with Crippen molar-refractivity contribution in [2.24, 2.45) is 5.92 Å². The number of nitrogens with one attached hydrogen (secondary N) is 2. The Morgan fingerprint density at radius 2 is 1.25 bits per heavy atom. The standard InChI is InChI=1S/C37H54F6N2O7/c1-7-8-9-10-11-12-13-14-15-19-30(47)44-27(20-21-31(48)52-35(4,5)6)33(49)45-28(22-24(2)3)29(46)23-51-34(50)32-25(36(38,39)40)17-16-18-26(32)37(41,42)43/h16-18,24,27-28H,7-15,19-23H2,1-6H3,(H,44,47)(H,45,49)/t27-,28-/m0/s1. The van der Waals surface area contributed by atoms with E-state index in [1.54, 1.807) is 34.6 Å². The summed E-state index contributed by atoms with van der Waals surface area (Å²) in [5, 5.41) is 5.06. The zero-order valence-electron chi connectivity index (χ0n) is 31.0. The van der Waals surface area contributed by atoms with Crippen LogP contribution in [0.5, 0.6) is 0 Å². The Morgan fingerprint density at radius 1 is 0.731 bits per heavy atom. The summed E-state index contributed by atoms with van der Waals surface area (Å²) in [7, 11) is 0. The van der Waals surface area contributed by atoms with Crippen LogP contribution in [0, 0.1) is 5.92 Å². The van der Waals surface area contributed by atoms with E-state index in [2.05, 4.69) is 22.3 Å². The van der Waals surface area contributed by atoms with Crippen LogP contribution >= 0.6 is 0 Å². The zero-order valence-corrected chi connectivity index (χ0v) is 31.0. The number of hydrogen-bond donors (Lipinski definition) is 2. The molecule has 0 radical (unpaired) electrons. The summed E-state index contributed by atoms with van der Waals surface area (Å²) in [6.45, 7) is 9.22. The van der Waals surface area contributed by atoms with Crippen molar-refractivity contribution < 1.29 is 59.8 Å². The fourth-order valence-corrected chi connectivity index (χ4v) is 5.35. The molecule has 2 N–H and O–H groups in total. The van der Waals surface area contributed by atoms with Crippen LogP contribution < -0.4 is 10.6 Å². The van der Waals surface area contributed by atoms with Crippen LogP contribution in [0.2, 0.25) is 0 Å². The lowest BCUT2D eigenvalue weighted by molar-refractivity contribution is -0.155. The Balaban J connectivity index is 3.07. The number of ether oxygens (including phenoxy) is 2. The second-order valence-electron chi connectivity index (χ2n) is 14.3. The fraction of sp³-hybridized carbons (Fsp3) is 0.703. The van der Waals surface area contributed by atoms with Crippen molar-refractivity contribution in [3.63, 3.8) is 0 Å². The van der Waals surface area contributed by atoms with Gasteiger partial charge in [-0.1, -0.05) is 78.2 Å². The van der Waals surface area contributed by atoms with Crippen molar-refractivity contribution in [1.82, 2.24) is 10.6 Å². The molecule has 0 aliphatic heterocycles. The minimum Gasteiger partial charge on any atom is -0.460 e. The van der Waals surface area contributed by atoms with E-state index in [0.717, 1.165) is 38.5 Å². The van der Waals surface area contributed by atoms with Crippen LogP contribution in [0.4, 0.5) is 26.3 Å². The average Bonchev–Trinajstić information content (AvgIpc) is 3.01. The topological polar surface area (TPSA) is 128 Å². The first kappa shape index (κ1) is 46.4. The lowest BCUT2D eigenvalue weighted by Gasteiger charge is -2.25. The van der Waals surface area contributed by atoms with E-state index in [1.165, 1.54) is 12.8 Å². The maximum atomic E-state index is 13.6. The van der Waals surface area contributed by atoms with Crippen LogP contribution in [-0.2, 0) is 41.0 Å². The van der Waals surface area contributed by atoms with E-state index in [0.29, 0.717) is 12.5 Å². The lowest BCUT2D eigenvalue weighted by atomic mass is 9.99. The van der Waals surface area contributed by atoms with Gasteiger partial charge in [-0.15, -0.1) is 0 Å². The number of amides is 2. The van der Waals surface area contributed by atoms with Crippen molar-refractivity contribution in [3.05, 3.63) is 34.9 Å². The van der Waals surface area contributed by atoms with Crippen molar-refractivity contribution in [1.29, 1.82) is 0 Å². The molecule has 0 saturated heterocycles. The van der Waals surface area contributed by atoms with E-state index in [4.69, 9.17) is 4.74 Å². The molecule has 0 heterocycles. The number of alkyl halides is 6. The number of benzene rings is 1. The first-order valence-electron chi connectivity index (χ1n) is 17.9. The number of carbonyl (C=O) groups excluding carboxylic acids is 5. The third kappa shape index (κ3) is 18.2. The summed E-state index contributed by atoms with van der Waals surface area (Å²) in [6.07, 6.45) is -1.91. The number of ketones is 1. The monoisotopic (exact) mass is 752 g/mol. The van der Waals surface area contributed by atoms with Crippen LogP contribution in [0.25, 0.3) is 0 Å². The number of Topliss-reactive ketones (excluding diaryl/α,β-unsaturated/α-hetero) is 1. The molecule has 1 aromatic rings. The van der Waals surface area contributed by atoms with Crippen molar-refractivity contribution in [2.45, 2.75) is 155 Å². The number of unbranched alkanes of at least 4 members (excludes halogenated alkanes) is 8. The first-order valence-corrected chi connectivity index (χ1v) is 17.9. The van der Waals surface area contributed by atoms with Crippen molar-refractivity contribution in [3.8, 4) is 0 Å². The second kappa shape index (κ2) is 21.8. The maximum Gasteiger partial charge on any atom is 0.417 e. The van der Waals surface area contributed by atoms with Gasteiger partial charge in [-0.3, -0.25) is 19.2 Å². The highest BCUT2D eigenvalue weighted by molar-refractivity contribution is 5.97. The highest BCUT2D eigenvalue weighted by atomic mass is 19.4. The van der Waals surface area contributed by atoms with Gasteiger partial charge in [0.25, 0.3) is 0 Å². The molecule has 0 aromatic heterocycles. The van der Waals surface area contributed by atoms with Gasteiger partial charge in [0.15, 0.2) is 12.4 Å². The molecule has 52 heavy (non-hydrogen) atoms. The zero-order chi connectivity index (χ0) is 39.7. The van der Waals surface area contributed by atoms with E-state index in [9.17, 15) is 50.3 Å². The summed E-state index contributed by atoms with van der Waals surface area (Å²) in [4.78, 5) is 64.6. The van der Waals surface area contributed by atoms with Gasteiger partial charge in [-0.05, 0) is 58.1 Å². The highest BCUT2D eigenvalue weighted by Crippen LogP contribution is 2.39. The normalized spacial score (nSPS) is 13.3. The van der Waals surface area contributed by atoms with Crippen LogP contribution in [0.3, 0.4) is 0 Å². The largest absolute Gasteiger partial charge is 0.460 e. The Kier molecular flexibility index (Phi) is 19.4. The van der Waals surface area contributed by atoms with Gasteiger partial charge in [0.1, 0.15) is 11.6 Å². The molecule has 0 bridgehead atoms. The number of rotatable bonds is 22. The van der Waals surface area contributed by atoms with E-state index >= 15 is 0 Å².